The van der Waals surface area contributed by atoms with E-state index in [9.17, 15) is 9.59 Å². The van der Waals surface area contributed by atoms with Crippen LogP contribution in [0.4, 0.5) is 0 Å². The molecule has 0 N–H and O–H groups in total. The van der Waals surface area contributed by atoms with Crippen LogP contribution in [0.3, 0.4) is 0 Å². The number of amides is 1. The van der Waals surface area contributed by atoms with Crippen LogP contribution in [0.5, 0.6) is 0 Å². The molecule has 1 saturated heterocycles. The summed E-state index contributed by atoms with van der Waals surface area (Å²) in [5.41, 5.74) is 5.20. The van der Waals surface area contributed by atoms with Gasteiger partial charge in [0.2, 0.25) is 0 Å². The number of aromatic nitrogens is 2. The summed E-state index contributed by atoms with van der Waals surface area (Å²) in [5.74, 6) is -0.705. The molecule has 1 aliphatic rings. The fraction of sp³-hybridized carbons (Fsp3) is 0.237. The minimum Gasteiger partial charge on any atom is -0.461 e. The van der Waals surface area contributed by atoms with Crippen molar-refractivity contribution in [3.05, 3.63) is 139 Å². The minimum absolute atomic E-state index is 0.133. The molecule has 1 aromatic heterocycles. The van der Waals surface area contributed by atoms with Crippen LogP contribution < -0.4 is 0 Å². The summed E-state index contributed by atoms with van der Waals surface area (Å²) in [6.07, 6.45) is 4.05. The molecule has 2 unspecified atom stereocenters. The van der Waals surface area contributed by atoms with E-state index in [4.69, 9.17) is 9.47 Å². The number of ether oxygens (including phenoxy) is 2. The second-order valence-electron chi connectivity index (χ2n) is 11.8. The summed E-state index contributed by atoms with van der Waals surface area (Å²) in [5, 5.41) is 4.61. The van der Waals surface area contributed by atoms with Crippen LogP contribution in [0.15, 0.2) is 128 Å². The molecule has 7 nitrogen and oxygen atoms in total. The predicted molar refractivity (Wildman–Crippen MR) is 174 cm³/mol. The molecule has 1 amide bonds. The van der Waals surface area contributed by atoms with E-state index in [1.165, 1.54) is 0 Å². The number of hydrogen-bond acceptors (Lipinski definition) is 5. The Morgan fingerprint density at radius 2 is 1.36 bits per heavy atom. The van der Waals surface area contributed by atoms with E-state index in [1.54, 1.807) is 15.8 Å². The Bertz CT molecular complexity index is 1720. The molecular weight excluding hydrogens is 562 g/mol. The summed E-state index contributed by atoms with van der Waals surface area (Å²) in [6, 6.07) is 36.9. The number of benzene rings is 4. The highest BCUT2D eigenvalue weighted by Crippen LogP contribution is 2.34. The maximum atomic E-state index is 14.5. The first-order valence-electron chi connectivity index (χ1n) is 15.3. The van der Waals surface area contributed by atoms with E-state index in [0.717, 1.165) is 33.4 Å². The molecule has 7 heteroatoms. The van der Waals surface area contributed by atoms with E-state index < -0.39 is 17.7 Å². The van der Waals surface area contributed by atoms with Crippen LogP contribution in [-0.2, 0) is 32.1 Å². The van der Waals surface area contributed by atoms with Crippen LogP contribution in [-0.4, -0.2) is 44.9 Å². The largest absolute Gasteiger partial charge is 0.461 e. The number of carbonyl (C=O) groups excluding carboxylic acids is 2. The van der Waals surface area contributed by atoms with Gasteiger partial charge in [-0.15, -0.1) is 0 Å². The van der Waals surface area contributed by atoms with Crippen LogP contribution in [0.1, 0.15) is 37.4 Å². The van der Waals surface area contributed by atoms with E-state index >= 15 is 0 Å². The third kappa shape index (κ3) is 7.05. The van der Waals surface area contributed by atoms with Crippen molar-refractivity contribution < 1.29 is 19.1 Å². The first kappa shape index (κ1) is 30.0. The highest BCUT2D eigenvalue weighted by Gasteiger charge is 2.46. The van der Waals surface area contributed by atoms with Gasteiger partial charge in [0.25, 0.3) is 5.91 Å². The number of hydrogen-bond donors (Lipinski definition) is 0. The average Bonchev–Trinajstić information content (AvgIpc) is 3.68. The van der Waals surface area contributed by atoms with Crippen LogP contribution in [0.25, 0.3) is 22.3 Å². The number of carbonyl (C=O) groups is 2. The molecule has 1 aliphatic heterocycles. The third-order valence-electron chi connectivity index (χ3n) is 8.26. The fourth-order valence-corrected chi connectivity index (χ4v) is 5.92. The maximum Gasteiger partial charge on any atom is 0.308 e. The van der Waals surface area contributed by atoms with E-state index in [-0.39, 0.29) is 25.0 Å². The van der Waals surface area contributed by atoms with Gasteiger partial charge in [-0.2, -0.15) is 5.10 Å². The standard InChI is InChI=1S/C38H37N3O4/c1-38(2)41(34(27-45-38)22-28-12-6-3-7-13-28)37(43)35(23-36(42)44-26-29-14-8-4-9-15-29)40-25-33(24-39-40)32-20-18-31(19-21-32)30-16-10-5-11-17-30/h3-21,24-25,34-35H,22-23,26-27H2,1-2H3. The molecule has 45 heavy (non-hydrogen) atoms. The van der Waals surface area contributed by atoms with Crippen LogP contribution in [0.2, 0.25) is 0 Å². The molecule has 2 atom stereocenters. The summed E-state index contributed by atoms with van der Waals surface area (Å²) in [7, 11) is 0. The van der Waals surface area contributed by atoms with Gasteiger partial charge in [-0.3, -0.25) is 14.3 Å². The van der Waals surface area contributed by atoms with Crippen molar-refractivity contribution in [2.24, 2.45) is 0 Å². The molecule has 5 aromatic rings. The molecule has 2 heterocycles. The van der Waals surface area contributed by atoms with Crippen molar-refractivity contribution in [2.75, 3.05) is 6.61 Å². The summed E-state index contributed by atoms with van der Waals surface area (Å²) >= 11 is 0. The Morgan fingerprint density at radius 1 is 0.800 bits per heavy atom. The normalized spacial score (nSPS) is 16.3. The van der Waals surface area contributed by atoms with Gasteiger partial charge in [0, 0.05) is 11.8 Å². The lowest BCUT2D eigenvalue weighted by atomic mass is 10.0. The molecular formula is C38H37N3O4. The highest BCUT2D eigenvalue weighted by molar-refractivity contribution is 5.86. The Hall–Kier alpha value is -5.01. The molecule has 6 rings (SSSR count). The Labute approximate surface area is 264 Å². The van der Waals surface area contributed by atoms with Gasteiger partial charge in [0.05, 0.1) is 25.3 Å². The summed E-state index contributed by atoms with van der Waals surface area (Å²) < 4.78 is 13.4. The van der Waals surface area contributed by atoms with Gasteiger partial charge in [-0.1, -0.05) is 115 Å². The molecule has 0 spiro atoms. The molecule has 4 aromatic carbocycles. The van der Waals surface area contributed by atoms with Crippen LogP contribution in [0, 0.1) is 0 Å². The first-order chi connectivity index (χ1) is 21.9. The minimum atomic E-state index is -0.912. The lowest BCUT2D eigenvalue weighted by Crippen LogP contribution is -2.51. The number of esters is 1. The first-order valence-corrected chi connectivity index (χ1v) is 15.3. The van der Waals surface area contributed by atoms with Crippen molar-refractivity contribution in [1.82, 2.24) is 14.7 Å². The monoisotopic (exact) mass is 599 g/mol. The molecule has 0 bridgehead atoms. The summed E-state index contributed by atoms with van der Waals surface area (Å²) in [4.78, 5) is 29.5. The fourth-order valence-electron chi connectivity index (χ4n) is 5.92. The molecule has 0 saturated carbocycles. The zero-order valence-corrected chi connectivity index (χ0v) is 25.6. The average molecular weight is 600 g/mol. The number of rotatable bonds is 10. The molecule has 0 aliphatic carbocycles. The lowest BCUT2D eigenvalue weighted by molar-refractivity contribution is -0.156. The second kappa shape index (κ2) is 13.3. The van der Waals surface area contributed by atoms with Gasteiger partial charge in [0.15, 0.2) is 0 Å². The molecule has 0 radical (unpaired) electrons. The zero-order chi connectivity index (χ0) is 31.2. The van der Waals surface area contributed by atoms with Gasteiger partial charge in [0.1, 0.15) is 18.4 Å². The van der Waals surface area contributed by atoms with Crippen LogP contribution >= 0.6 is 0 Å². The molecule has 1 fully saturated rings. The van der Waals surface area contributed by atoms with Gasteiger partial charge < -0.3 is 14.4 Å². The van der Waals surface area contributed by atoms with Crippen molar-refractivity contribution in [3.63, 3.8) is 0 Å². The van der Waals surface area contributed by atoms with Crippen molar-refractivity contribution in [3.8, 4) is 22.3 Å². The highest BCUT2D eigenvalue weighted by atomic mass is 16.5. The quantitative estimate of drug-likeness (QED) is 0.160. The van der Waals surface area contributed by atoms with E-state index in [2.05, 4.69) is 41.5 Å². The smallest absolute Gasteiger partial charge is 0.308 e. The Morgan fingerprint density at radius 3 is 2.00 bits per heavy atom. The molecule has 228 valence electrons. The van der Waals surface area contributed by atoms with Crippen molar-refractivity contribution >= 4 is 11.9 Å². The number of nitrogens with zero attached hydrogens (tertiary/aromatic N) is 3. The van der Waals surface area contributed by atoms with Gasteiger partial charge >= 0.3 is 5.97 Å². The predicted octanol–water partition coefficient (Wildman–Crippen LogP) is 7.10. The maximum absolute atomic E-state index is 14.5. The van der Waals surface area contributed by atoms with Crippen molar-refractivity contribution in [2.45, 2.75) is 51.1 Å². The van der Waals surface area contributed by atoms with Gasteiger partial charge in [-0.05, 0) is 48.1 Å². The van der Waals surface area contributed by atoms with E-state index in [0.29, 0.717) is 13.0 Å². The van der Waals surface area contributed by atoms with Gasteiger partial charge in [-0.25, -0.2) is 0 Å². The lowest BCUT2D eigenvalue weighted by Gasteiger charge is -2.36. The summed E-state index contributed by atoms with van der Waals surface area (Å²) in [6.45, 7) is 4.32. The topological polar surface area (TPSA) is 73.7 Å². The zero-order valence-electron chi connectivity index (χ0n) is 25.6. The SMILES string of the molecule is CC1(C)OCC(Cc2ccccc2)N1C(=O)C(CC(=O)OCc1ccccc1)n1cc(-c2ccc(-c3ccccc3)cc2)cn1. The van der Waals surface area contributed by atoms with E-state index in [1.807, 2.05) is 98.9 Å². The Balaban J connectivity index is 1.27. The Kier molecular flexibility index (Phi) is 8.89. The van der Waals surface area contributed by atoms with Crippen molar-refractivity contribution in [1.29, 1.82) is 0 Å². The third-order valence-corrected chi connectivity index (χ3v) is 8.26. The second-order valence-corrected chi connectivity index (χ2v) is 11.8.